The fourth-order valence-electron chi connectivity index (χ4n) is 3.11. The standard InChI is InChI=1S/C23H28N2O5/c1-15(2)14-20(23(29)30)25-19(22(27)28)12-13-24-21(26)18-10-8-17(9-11-18)16-6-4-3-5-7-16/h3-11,15,19-20,25H,12-14H2,1-2H3,(H,24,26)(H,27,28)(H,29,30)/t19-,20-/m0/s1. The van der Waals surface area contributed by atoms with Gasteiger partial charge in [0.05, 0.1) is 0 Å². The summed E-state index contributed by atoms with van der Waals surface area (Å²) < 4.78 is 0. The van der Waals surface area contributed by atoms with E-state index in [9.17, 15) is 24.6 Å². The van der Waals surface area contributed by atoms with Crippen molar-refractivity contribution >= 4 is 17.8 Å². The summed E-state index contributed by atoms with van der Waals surface area (Å²) in [6.07, 6.45) is 0.393. The third-order valence-corrected chi connectivity index (χ3v) is 4.68. The summed E-state index contributed by atoms with van der Waals surface area (Å²) in [5.74, 6) is -2.44. The largest absolute Gasteiger partial charge is 0.480 e. The summed E-state index contributed by atoms with van der Waals surface area (Å²) in [6, 6.07) is 14.9. The fraction of sp³-hybridized carbons (Fsp3) is 0.348. The minimum absolute atomic E-state index is 0.0745. The second-order valence-electron chi connectivity index (χ2n) is 7.57. The molecule has 0 unspecified atom stereocenters. The normalized spacial score (nSPS) is 12.9. The number of rotatable bonds is 11. The quantitative estimate of drug-likeness (QED) is 0.451. The second-order valence-corrected chi connectivity index (χ2v) is 7.57. The van der Waals surface area contributed by atoms with E-state index in [4.69, 9.17) is 0 Å². The SMILES string of the molecule is CC(C)C[C@H](N[C@@H](CCNC(=O)c1ccc(-c2ccccc2)cc1)C(=O)O)C(=O)O. The van der Waals surface area contributed by atoms with E-state index in [0.717, 1.165) is 11.1 Å². The van der Waals surface area contributed by atoms with Gasteiger partial charge in [-0.25, -0.2) is 0 Å². The summed E-state index contributed by atoms with van der Waals surface area (Å²) in [7, 11) is 0. The van der Waals surface area contributed by atoms with Gasteiger partial charge in [-0.05, 0) is 42.0 Å². The van der Waals surface area contributed by atoms with Crippen LogP contribution in [0.15, 0.2) is 54.6 Å². The van der Waals surface area contributed by atoms with E-state index in [-0.39, 0.29) is 24.8 Å². The molecule has 0 fully saturated rings. The predicted octanol–water partition coefficient (Wildman–Crippen LogP) is 3.02. The van der Waals surface area contributed by atoms with Gasteiger partial charge in [0.15, 0.2) is 0 Å². The van der Waals surface area contributed by atoms with Crippen LogP contribution < -0.4 is 10.6 Å². The number of carboxylic acid groups (broad SMARTS) is 2. The average molecular weight is 412 g/mol. The lowest BCUT2D eigenvalue weighted by Crippen LogP contribution is -2.49. The molecule has 0 radical (unpaired) electrons. The van der Waals surface area contributed by atoms with Crippen LogP contribution in [-0.2, 0) is 9.59 Å². The number of carbonyl (C=O) groups is 3. The molecule has 0 aliphatic carbocycles. The zero-order valence-corrected chi connectivity index (χ0v) is 17.2. The highest BCUT2D eigenvalue weighted by atomic mass is 16.4. The first-order valence-corrected chi connectivity index (χ1v) is 9.93. The Kier molecular flexibility index (Phi) is 8.55. The smallest absolute Gasteiger partial charge is 0.320 e. The molecule has 0 aromatic heterocycles. The Morgan fingerprint density at radius 2 is 1.40 bits per heavy atom. The van der Waals surface area contributed by atoms with Crippen molar-refractivity contribution in [3.63, 3.8) is 0 Å². The number of nitrogens with one attached hydrogen (secondary N) is 2. The van der Waals surface area contributed by atoms with Gasteiger partial charge in [0, 0.05) is 12.1 Å². The molecule has 1 amide bonds. The highest BCUT2D eigenvalue weighted by Gasteiger charge is 2.26. The van der Waals surface area contributed by atoms with Crippen molar-refractivity contribution in [2.45, 2.75) is 38.8 Å². The van der Waals surface area contributed by atoms with Crippen molar-refractivity contribution in [2.75, 3.05) is 6.54 Å². The Labute approximate surface area is 176 Å². The molecule has 160 valence electrons. The van der Waals surface area contributed by atoms with E-state index in [1.54, 1.807) is 12.1 Å². The number of amides is 1. The van der Waals surface area contributed by atoms with Gasteiger partial charge in [-0.2, -0.15) is 0 Å². The van der Waals surface area contributed by atoms with Crippen molar-refractivity contribution in [1.29, 1.82) is 0 Å². The summed E-state index contributed by atoms with van der Waals surface area (Å²) in [6.45, 7) is 3.85. The molecule has 2 rings (SSSR count). The Balaban J connectivity index is 1.91. The average Bonchev–Trinajstić information content (AvgIpc) is 2.72. The van der Waals surface area contributed by atoms with Gasteiger partial charge in [0.1, 0.15) is 12.1 Å². The zero-order chi connectivity index (χ0) is 22.1. The molecule has 2 aromatic carbocycles. The molecule has 0 saturated heterocycles. The van der Waals surface area contributed by atoms with Crippen LogP contribution in [0.1, 0.15) is 37.0 Å². The van der Waals surface area contributed by atoms with Gasteiger partial charge < -0.3 is 15.5 Å². The molecule has 0 aliphatic rings. The van der Waals surface area contributed by atoms with Crippen molar-refractivity contribution in [3.8, 4) is 11.1 Å². The Bertz CT molecular complexity index is 850. The van der Waals surface area contributed by atoms with Gasteiger partial charge in [0.2, 0.25) is 0 Å². The maximum Gasteiger partial charge on any atom is 0.320 e. The van der Waals surface area contributed by atoms with Crippen LogP contribution >= 0.6 is 0 Å². The summed E-state index contributed by atoms with van der Waals surface area (Å²) in [5, 5.41) is 24.1. The minimum atomic E-state index is -1.15. The molecular weight excluding hydrogens is 384 g/mol. The molecule has 0 spiro atoms. The number of carbonyl (C=O) groups excluding carboxylic acids is 1. The van der Waals surface area contributed by atoms with Crippen LogP contribution in [0.25, 0.3) is 11.1 Å². The number of carboxylic acids is 2. The predicted molar refractivity (Wildman–Crippen MR) is 114 cm³/mol. The molecule has 0 bridgehead atoms. The Morgan fingerprint density at radius 3 is 1.93 bits per heavy atom. The van der Waals surface area contributed by atoms with Gasteiger partial charge in [-0.1, -0.05) is 56.3 Å². The topological polar surface area (TPSA) is 116 Å². The molecule has 2 aromatic rings. The maximum absolute atomic E-state index is 12.3. The summed E-state index contributed by atoms with van der Waals surface area (Å²) >= 11 is 0. The molecule has 0 aliphatic heterocycles. The first-order chi connectivity index (χ1) is 14.3. The van der Waals surface area contributed by atoms with Gasteiger partial charge in [-0.3, -0.25) is 19.7 Å². The van der Waals surface area contributed by atoms with E-state index < -0.39 is 24.0 Å². The molecule has 4 N–H and O–H groups in total. The molecular formula is C23H28N2O5. The number of hydrogen-bond donors (Lipinski definition) is 4. The van der Waals surface area contributed by atoms with Crippen LogP contribution in [0.2, 0.25) is 0 Å². The van der Waals surface area contributed by atoms with Crippen LogP contribution in [0.3, 0.4) is 0 Å². The number of aliphatic carboxylic acids is 2. The third-order valence-electron chi connectivity index (χ3n) is 4.68. The molecule has 7 nitrogen and oxygen atoms in total. The monoisotopic (exact) mass is 412 g/mol. The van der Waals surface area contributed by atoms with Gasteiger partial charge >= 0.3 is 11.9 Å². The van der Waals surface area contributed by atoms with E-state index >= 15 is 0 Å². The lowest BCUT2D eigenvalue weighted by Gasteiger charge is -2.21. The van der Waals surface area contributed by atoms with E-state index in [1.165, 1.54) is 0 Å². The van der Waals surface area contributed by atoms with Crippen molar-refractivity contribution in [1.82, 2.24) is 10.6 Å². The first kappa shape index (κ1) is 23.1. The molecule has 2 atom stereocenters. The van der Waals surface area contributed by atoms with Crippen LogP contribution in [0.5, 0.6) is 0 Å². The maximum atomic E-state index is 12.3. The number of hydrogen-bond acceptors (Lipinski definition) is 4. The van der Waals surface area contributed by atoms with Crippen LogP contribution in [-0.4, -0.2) is 46.7 Å². The van der Waals surface area contributed by atoms with E-state index in [1.807, 2.05) is 56.3 Å². The Hall–Kier alpha value is -3.19. The third kappa shape index (κ3) is 7.00. The van der Waals surface area contributed by atoms with Crippen molar-refractivity contribution in [2.24, 2.45) is 5.92 Å². The fourth-order valence-corrected chi connectivity index (χ4v) is 3.11. The molecule has 0 heterocycles. The minimum Gasteiger partial charge on any atom is -0.480 e. The zero-order valence-electron chi connectivity index (χ0n) is 17.2. The van der Waals surface area contributed by atoms with E-state index in [0.29, 0.717) is 12.0 Å². The highest BCUT2D eigenvalue weighted by molar-refractivity contribution is 5.94. The van der Waals surface area contributed by atoms with Crippen LogP contribution in [0, 0.1) is 5.92 Å². The highest BCUT2D eigenvalue weighted by Crippen LogP contribution is 2.19. The molecule has 0 saturated carbocycles. The van der Waals surface area contributed by atoms with E-state index in [2.05, 4.69) is 10.6 Å². The van der Waals surface area contributed by atoms with Gasteiger partial charge in [0.25, 0.3) is 5.91 Å². The second kappa shape index (κ2) is 11.1. The lowest BCUT2D eigenvalue weighted by atomic mass is 10.0. The molecule has 7 heteroatoms. The van der Waals surface area contributed by atoms with Crippen LogP contribution in [0.4, 0.5) is 0 Å². The summed E-state index contributed by atoms with van der Waals surface area (Å²) in [5.41, 5.74) is 2.51. The first-order valence-electron chi connectivity index (χ1n) is 9.93. The van der Waals surface area contributed by atoms with Crippen molar-refractivity contribution in [3.05, 3.63) is 60.2 Å². The lowest BCUT2D eigenvalue weighted by molar-refractivity contribution is -0.143. The molecule has 30 heavy (non-hydrogen) atoms. The van der Waals surface area contributed by atoms with Crippen molar-refractivity contribution < 1.29 is 24.6 Å². The number of benzene rings is 2. The Morgan fingerprint density at radius 1 is 0.833 bits per heavy atom. The summed E-state index contributed by atoms with van der Waals surface area (Å²) in [4.78, 5) is 35.2. The van der Waals surface area contributed by atoms with Gasteiger partial charge in [-0.15, -0.1) is 0 Å².